The number of rotatable bonds is 11. The number of carbonyl (C=O) groups is 1. The van der Waals surface area contributed by atoms with E-state index in [0.29, 0.717) is 13.2 Å². The molecule has 1 rings (SSSR count). The van der Waals surface area contributed by atoms with Crippen LogP contribution in [-0.4, -0.2) is 25.7 Å². The number of unbranched alkanes of at least 4 members (excludes halogenated alkanes) is 1. The van der Waals surface area contributed by atoms with Crippen LogP contribution in [0.4, 0.5) is 5.69 Å². The maximum Gasteiger partial charge on any atom is 0.263 e. The van der Waals surface area contributed by atoms with E-state index >= 15 is 0 Å². The Kier molecular flexibility index (Phi) is 9.98. The van der Waals surface area contributed by atoms with Gasteiger partial charge >= 0.3 is 0 Å². The smallest absolute Gasteiger partial charge is 0.263 e. The van der Waals surface area contributed by atoms with Gasteiger partial charge in [0, 0.05) is 31.6 Å². The minimum absolute atomic E-state index is 0.0628. The number of nitrogens with one attached hydrogen (secondary N) is 2. The van der Waals surface area contributed by atoms with E-state index in [1.165, 1.54) is 6.20 Å². The van der Waals surface area contributed by atoms with Crippen molar-refractivity contribution in [3.8, 4) is 6.07 Å². The van der Waals surface area contributed by atoms with E-state index in [1.807, 2.05) is 30.3 Å². The van der Waals surface area contributed by atoms with Gasteiger partial charge in [-0.3, -0.25) is 4.79 Å². The number of hydrogen-bond acceptors (Lipinski definition) is 4. The van der Waals surface area contributed by atoms with Crippen molar-refractivity contribution < 1.29 is 9.53 Å². The minimum atomic E-state index is -0.368. The van der Waals surface area contributed by atoms with E-state index in [4.69, 9.17) is 10.00 Å². The first-order valence-corrected chi connectivity index (χ1v) is 8.53. The molecule has 24 heavy (non-hydrogen) atoms. The van der Waals surface area contributed by atoms with Crippen LogP contribution >= 0.6 is 0 Å². The number of amides is 1. The van der Waals surface area contributed by atoms with Crippen molar-refractivity contribution in [1.82, 2.24) is 5.32 Å². The minimum Gasteiger partial charge on any atom is -0.381 e. The monoisotopic (exact) mass is 329 g/mol. The molecule has 5 nitrogen and oxygen atoms in total. The number of aryl methyl sites for hydroxylation is 1. The van der Waals surface area contributed by atoms with Gasteiger partial charge in [0.1, 0.15) is 11.6 Å². The summed E-state index contributed by atoms with van der Waals surface area (Å²) in [5, 5.41) is 14.9. The third-order valence-corrected chi connectivity index (χ3v) is 3.53. The Morgan fingerprint density at radius 3 is 2.71 bits per heavy atom. The molecule has 0 spiro atoms. The van der Waals surface area contributed by atoms with Gasteiger partial charge in [-0.2, -0.15) is 5.26 Å². The number of hydrogen-bond donors (Lipinski definition) is 2. The normalized spacial score (nSPS) is 11.0. The van der Waals surface area contributed by atoms with Gasteiger partial charge in [0.15, 0.2) is 0 Å². The predicted molar refractivity (Wildman–Crippen MR) is 96.5 cm³/mol. The number of benzene rings is 1. The molecule has 1 amide bonds. The Bertz CT molecular complexity index is 576. The fraction of sp³-hybridized carbons (Fsp3) is 0.474. The predicted octanol–water partition coefficient (Wildman–Crippen LogP) is 3.39. The molecule has 0 saturated heterocycles. The quantitative estimate of drug-likeness (QED) is 0.371. The lowest BCUT2D eigenvalue weighted by Gasteiger charge is -2.08. The molecule has 0 aliphatic rings. The van der Waals surface area contributed by atoms with Crippen LogP contribution in [0, 0.1) is 11.3 Å². The van der Waals surface area contributed by atoms with Crippen molar-refractivity contribution in [1.29, 1.82) is 5.26 Å². The molecule has 0 fully saturated rings. The Balaban J connectivity index is 2.42. The third kappa shape index (κ3) is 7.30. The molecule has 130 valence electrons. The number of nitriles is 1. The average molecular weight is 329 g/mol. The van der Waals surface area contributed by atoms with Crippen LogP contribution in [0.2, 0.25) is 0 Å². The molecule has 0 aliphatic heterocycles. The molecular weight excluding hydrogens is 302 g/mol. The van der Waals surface area contributed by atoms with Crippen LogP contribution in [0.15, 0.2) is 36.0 Å². The van der Waals surface area contributed by atoms with Crippen molar-refractivity contribution in [2.75, 3.05) is 25.1 Å². The van der Waals surface area contributed by atoms with Crippen LogP contribution < -0.4 is 10.6 Å². The second-order valence-corrected chi connectivity index (χ2v) is 5.40. The summed E-state index contributed by atoms with van der Waals surface area (Å²) in [6.45, 7) is 6.05. The van der Waals surface area contributed by atoms with Gasteiger partial charge in [-0.05, 0) is 30.9 Å². The van der Waals surface area contributed by atoms with Crippen molar-refractivity contribution in [2.24, 2.45) is 0 Å². The maximum absolute atomic E-state index is 12.0. The van der Waals surface area contributed by atoms with Crippen molar-refractivity contribution >= 4 is 11.6 Å². The summed E-state index contributed by atoms with van der Waals surface area (Å²) in [6.07, 6.45) is 5.24. The highest BCUT2D eigenvalue weighted by Gasteiger charge is 2.08. The van der Waals surface area contributed by atoms with Gasteiger partial charge < -0.3 is 15.4 Å². The SMILES string of the molecule is CCCCOCCCNC(=O)/C(C#N)=C\Nc1ccccc1CC. The second-order valence-electron chi connectivity index (χ2n) is 5.40. The highest BCUT2D eigenvalue weighted by molar-refractivity contribution is 5.97. The van der Waals surface area contributed by atoms with Crippen molar-refractivity contribution in [2.45, 2.75) is 39.5 Å². The molecule has 0 aliphatic carbocycles. The topological polar surface area (TPSA) is 74.1 Å². The number of carbonyl (C=O) groups excluding carboxylic acids is 1. The number of para-hydroxylation sites is 1. The van der Waals surface area contributed by atoms with E-state index in [1.54, 1.807) is 0 Å². The summed E-state index contributed by atoms with van der Waals surface area (Å²) in [5.41, 5.74) is 2.10. The summed E-state index contributed by atoms with van der Waals surface area (Å²) in [6, 6.07) is 9.76. The van der Waals surface area contributed by atoms with Crippen LogP contribution in [0.5, 0.6) is 0 Å². The lowest BCUT2D eigenvalue weighted by molar-refractivity contribution is -0.117. The van der Waals surface area contributed by atoms with Crippen LogP contribution in [-0.2, 0) is 16.0 Å². The average Bonchev–Trinajstić information content (AvgIpc) is 2.61. The molecule has 1 aromatic rings. The zero-order chi connectivity index (χ0) is 17.6. The van der Waals surface area contributed by atoms with Crippen molar-refractivity contribution in [3.63, 3.8) is 0 Å². The summed E-state index contributed by atoms with van der Waals surface area (Å²) >= 11 is 0. The van der Waals surface area contributed by atoms with Gasteiger partial charge in [-0.15, -0.1) is 0 Å². The van der Waals surface area contributed by atoms with E-state index in [0.717, 1.165) is 43.5 Å². The second kappa shape index (κ2) is 12.1. The molecule has 0 bridgehead atoms. The highest BCUT2D eigenvalue weighted by atomic mass is 16.5. The van der Waals surface area contributed by atoms with Gasteiger partial charge in [0.25, 0.3) is 5.91 Å². The fourth-order valence-electron chi connectivity index (χ4n) is 2.09. The largest absolute Gasteiger partial charge is 0.381 e. The summed E-state index contributed by atoms with van der Waals surface area (Å²) < 4.78 is 5.43. The molecule has 0 saturated carbocycles. The first kappa shape index (κ1) is 19.7. The molecule has 0 unspecified atom stereocenters. The van der Waals surface area contributed by atoms with Crippen LogP contribution in [0.25, 0.3) is 0 Å². The van der Waals surface area contributed by atoms with Gasteiger partial charge in [-0.1, -0.05) is 38.5 Å². The number of anilines is 1. The molecule has 0 heterocycles. The fourth-order valence-corrected chi connectivity index (χ4v) is 2.09. The third-order valence-electron chi connectivity index (χ3n) is 3.53. The molecule has 2 N–H and O–H groups in total. The van der Waals surface area contributed by atoms with E-state index in [2.05, 4.69) is 24.5 Å². The zero-order valence-electron chi connectivity index (χ0n) is 14.6. The Morgan fingerprint density at radius 1 is 1.25 bits per heavy atom. The number of nitrogens with zero attached hydrogens (tertiary/aromatic N) is 1. The Labute approximate surface area is 144 Å². The first-order valence-electron chi connectivity index (χ1n) is 8.53. The Hall–Kier alpha value is -2.32. The molecular formula is C19H27N3O2. The van der Waals surface area contributed by atoms with Gasteiger partial charge in [0.05, 0.1) is 0 Å². The molecule has 0 radical (unpaired) electrons. The maximum atomic E-state index is 12.0. The van der Waals surface area contributed by atoms with Crippen LogP contribution in [0.1, 0.15) is 38.7 Å². The standard InChI is InChI=1S/C19H27N3O2/c1-3-5-12-24-13-8-11-21-19(23)17(14-20)15-22-18-10-7-6-9-16(18)4-2/h6-7,9-10,15,22H,3-5,8,11-13H2,1-2H3,(H,21,23)/b17-15-. The van der Waals surface area contributed by atoms with Gasteiger partial charge in [-0.25, -0.2) is 0 Å². The number of ether oxygens (including phenoxy) is 1. The van der Waals surface area contributed by atoms with Crippen LogP contribution in [0.3, 0.4) is 0 Å². The summed E-state index contributed by atoms with van der Waals surface area (Å²) in [7, 11) is 0. The van der Waals surface area contributed by atoms with E-state index < -0.39 is 0 Å². The van der Waals surface area contributed by atoms with E-state index in [9.17, 15) is 4.79 Å². The zero-order valence-corrected chi connectivity index (χ0v) is 14.6. The molecule has 1 aromatic carbocycles. The van der Waals surface area contributed by atoms with E-state index in [-0.39, 0.29) is 11.5 Å². The summed E-state index contributed by atoms with van der Waals surface area (Å²) in [5.74, 6) is -0.368. The lowest BCUT2D eigenvalue weighted by atomic mass is 10.1. The molecule has 0 atom stereocenters. The first-order chi connectivity index (χ1) is 11.7. The molecule has 5 heteroatoms. The Morgan fingerprint density at radius 2 is 2.00 bits per heavy atom. The van der Waals surface area contributed by atoms with Crippen molar-refractivity contribution in [3.05, 3.63) is 41.6 Å². The summed E-state index contributed by atoms with van der Waals surface area (Å²) in [4.78, 5) is 12.0. The molecule has 0 aromatic heterocycles. The highest BCUT2D eigenvalue weighted by Crippen LogP contribution is 2.15. The lowest BCUT2D eigenvalue weighted by Crippen LogP contribution is -2.26. The van der Waals surface area contributed by atoms with Gasteiger partial charge in [0.2, 0.25) is 0 Å².